The number of amides is 1. The second-order valence-electron chi connectivity index (χ2n) is 8.10. The van der Waals surface area contributed by atoms with Crippen molar-refractivity contribution in [3.63, 3.8) is 0 Å². The molecule has 0 bridgehead atoms. The third-order valence-electron chi connectivity index (χ3n) is 5.32. The SMILES string of the molecule is CCN(CC)C(=O)Oc1cccc(N=C(C=C(N)C(F)(F)F)c2ccc(-c3cccc(S(C)(=O)=O)c3)s2)c1. The summed E-state index contributed by atoms with van der Waals surface area (Å²) in [5.41, 5.74) is 4.73. The van der Waals surface area contributed by atoms with Gasteiger partial charge in [-0.05, 0) is 61.9 Å². The van der Waals surface area contributed by atoms with E-state index in [2.05, 4.69) is 4.99 Å². The number of ether oxygens (including phenoxy) is 1. The van der Waals surface area contributed by atoms with Crippen LogP contribution in [-0.2, 0) is 9.84 Å². The molecule has 0 saturated heterocycles. The predicted molar refractivity (Wildman–Crippen MR) is 143 cm³/mol. The molecule has 7 nitrogen and oxygen atoms in total. The number of aliphatic imine (C=N–C) groups is 1. The van der Waals surface area contributed by atoms with Crippen molar-refractivity contribution in [2.45, 2.75) is 24.9 Å². The fraction of sp³-hybridized carbons (Fsp3) is 0.231. The Morgan fingerprint density at radius 3 is 2.39 bits per heavy atom. The summed E-state index contributed by atoms with van der Waals surface area (Å²) in [5, 5.41) is 0. The fourth-order valence-electron chi connectivity index (χ4n) is 3.30. The van der Waals surface area contributed by atoms with Crippen molar-refractivity contribution < 1.29 is 31.1 Å². The average Bonchev–Trinajstić information content (AvgIpc) is 3.34. The Morgan fingerprint density at radius 1 is 1.08 bits per heavy atom. The highest BCUT2D eigenvalue weighted by atomic mass is 32.2. The minimum atomic E-state index is -4.77. The van der Waals surface area contributed by atoms with Crippen molar-refractivity contribution in [2.24, 2.45) is 10.7 Å². The normalized spacial score (nSPS) is 12.9. The van der Waals surface area contributed by atoms with Crippen molar-refractivity contribution in [3.05, 3.63) is 77.3 Å². The molecular formula is C26H26F3N3O4S2. The molecule has 1 heterocycles. The number of allylic oxidation sites excluding steroid dienone is 2. The smallest absolute Gasteiger partial charge is 0.410 e. The Morgan fingerprint density at radius 2 is 1.76 bits per heavy atom. The van der Waals surface area contributed by atoms with Gasteiger partial charge < -0.3 is 15.4 Å². The summed E-state index contributed by atoms with van der Waals surface area (Å²) in [6.07, 6.45) is -3.51. The Kier molecular flexibility index (Phi) is 9.00. The van der Waals surface area contributed by atoms with Gasteiger partial charge in [0.1, 0.15) is 11.4 Å². The second kappa shape index (κ2) is 11.8. The number of carbonyl (C=O) groups excluding carboxylic acids is 1. The Labute approximate surface area is 223 Å². The van der Waals surface area contributed by atoms with E-state index in [1.54, 1.807) is 36.4 Å². The molecule has 0 aliphatic carbocycles. The number of hydrogen-bond donors (Lipinski definition) is 1. The van der Waals surface area contributed by atoms with Gasteiger partial charge in [0.25, 0.3) is 0 Å². The molecule has 0 unspecified atom stereocenters. The lowest BCUT2D eigenvalue weighted by Gasteiger charge is -2.17. The zero-order valence-electron chi connectivity index (χ0n) is 20.8. The third-order valence-corrected chi connectivity index (χ3v) is 7.59. The number of alkyl halides is 3. The topological polar surface area (TPSA) is 102 Å². The molecule has 0 aliphatic rings. The fourth-order valence-corrected chi connectivity index (χ4v) is 4.93. The van der Waals surface area contributed by atoms with Crippen molar-refractivity contribution in [3.8, 4) is 16.2 Å². The van der Waals surface area contributed by atoms with Gasteiger partial charge in [-0.2, -0.15) is 13.2 Å². The van der Waals surface area contributed by atoms with Crippen LogP contribution in [0.3, 0.4) is 0 Å². The van der Waals surface area contributed by atoms with Gasteiger partial charge in [-0.15, -0.1) is 11.3 Å². The molecular weight excluding hydrogens is 539 g/mol. The van der Waals surface area contributed by atoms with E-state index in [1.807, 2.05) is 13.8 Å². The maximum absolute atomic E-state index is 13.3. The van der Waals surface area contributed by atoms with Crippen molar-refractivity contribution >= 4 is 38.7 Å². The standard InChI is InChI=1S/C26H26F3N3O4S2/c1-4-32(5-2)25(33)36-19-10-7-9-18(15-19)31-21(16-24(30)26(27,28)29)23-13-12-22(37-23)17-8-6-11-20(14-17)38(3,34)35/h6-16H,4-5,30H2,1-3H3. The molecule has 2 N–H and O–H groups in total. The van der Waals surface area contributed by atoms with Crippen LogP contribution in [0.25, 0.3) is 10.4 Å². The quantitative estimate of drug-likeness (QED) is 0.329. The van der Waals surface area contributed by atoms with Gasteiger partial charge in [0, 0.05) is 30.3 Å². The van der Waals surface area contributed by atoms with Gasteiger partial charge in [0.05, 0.1) is 21.2 Å². The first-order valence-electron chi connectivity index (χ1n) is 11.4. The Balaban J connectivity index is 2.03. The van der Waals surface area contributed by atoms with Crippen LogP contribution >= 0.6 is 11.3 Å². The van der Waals surface area contributed by atoms with Crippen molar-refractivity contribution in [2.75, 3.05) is 19.3 Å². The largest absolute Gasteiger partial charge is 0.430 e. The summed E-state index contributed by atoms with van der Waals surface area (Å²) in [6.45, 7) is 4.52. The van der Waals surface area contributed by atoms with E-state index in [-0.39, 0.29) is 22.0 Å². The molecule has 0 atom stereocenters. The Bertz CT molecular complexity index is 1470. The zero-order valence-corrected chi connectivity index (χ0v) is 22.5. The number of carbonyl (C=O) groups is 1. The number of nitrogens with two attached hydrogens (primary N) is 1. The molecule has 0 saturated carbocycles. The maximum Gasteiger partial charge on any atom is 0.430 e. The van der Waals surface area contributed by atoms with E-state index < -0.39 is 27.8 Å². The molecule has 1 aromatic heterocycles. The molecule has 3 aromatic rings. The van der Waals surface area contributed by atoms with Crippen molar-refractivity contribution in [1.29, 1.82) is 0 Å². The summed E-state index contributed by atoms with van der Waals surface area (Å²) < 4.78 is 69.1. The first-order valence-corrected chi connectivity index (χ1v) is 14.1. The van der Waals surface area contributed by atoms with Gasteiger partial charge in [0.2, 0.25) is 0 Å². The minimum absolute atomic E-state index is 0.0671. The monoisotopic (exact) mass is 565 g/mol. The van der Waals surface area contributed by atoms with Crippen molar-refractivity contribution in [1.82, 2.24) is 4.90 Å². The van der Waals surface area contributed by atoms with Gasteiger partial charge in [-0.1, -0.05) is 18.2 Å². The van der Waals surface area contributed by atoms with E-state index >= 15 is 0 Å². The lowest BCUT2D eigenvalue weighted by atomic mass is 10.2. The molecule has 0 fully saturated rings. The molecule has 0 spiro atoms. The van der Waals surface area contributed by atoms with E-state index in [4.69, 9.17) is 10.5 Å². The number of benzene rings is 2. The van der Waals surface area contributed by atoms with Crippen LogP contribution in [0.2, 0.25) is 0 Å². The second-order valence-corrected chi connectivity index (χ2v) is 11.2. The van der Waals surface area contributed by atoms with Crippen LogP contribution in [0.4, 0.5) is 23.7 Å². The number of rotatable bonds is 8. The van der Waals surface area contributed by atoms with E-state index in [1.165, 1.54) is 29.2 Å². The van der Waals surface area contributed by atoms with Gasteiger partial charge >= 0.3 is 12.3 Å². The first kappa shape index (κ1) is 28.9. The van der Waals surface area contributed by atoms with Crippen LogP contribution in [-0.4, -0.2) is 50.6 Å². The molecule has 2 aromatic carbocycles. The number of nitrogens with zero attached hydrogens (tertiary/aromatic N) is 2. The Hall–Kier alpha value is -3.64. The summed E-state index contributed by atoms with van der Waals surface area (Å²) in [7, 11) is -3.45. The van der Waals surface area contributed by atoms with Crippen LogP contribution < -0.4 is 10.5 Å². The van der Waals surface area contributed by atoms with Gasteiger partial charge in [0.15, 0.2) is 9.84 Å². The maximum atomic E-state index is 13.3. The van der Waals surface area contributed by atoms with Crippen LogP contribution in [0, 0.1) is 0 Å². The zero-order chi connectivity index (χ0) is 28.1. The van der Waals surface area contributed by atoms with Crippen LogP contribution in [0.15, 0.2) is 82.3 Å². The molecule has 38 heavy (non-hydrogen) atoms. The highest BCUT2D eigenvalue weighted by molar-refractivity contribution is 7.90. The summed E-state index contributed by atoms with van der Waals surface area (Å²) in [4.78, 5) is 19.2. The minimum Gasteiger partial charge on any atom is -0.410 e. The van der Waals surface area contributed by atoms with Crippen LogP contribution in [0.5, 0.6) is 5.75 Å². The third kappa shape index (κ3) is 7.45. The average molecular weight is 566 g/mol. The van der Waals surface area contributed by atoms with E-state index in [0.717, 1.165) is 23.7 Å². The number of hydrogen-bond acceptors (Lipinski definition) is 7. The van der Waals surface area contributed by atoms with Gasteiger partial charge in [-0.3, -0.25) is 0 Å². The molecule has 202 valence electrons. The highest BCUT2D eigenvalue weighted by Crippen LogP contribution is 2.32. The summed E-state index contributed by atoms with van der Waals surface area (Å²) in [6, 6.07) is 15.6. The number of sulfone groups is 1. The molecule has 3 rings (SSSR count). The van der Waals surface area contributed by atoms with E-state index in [9.17, 15) is 26.4 Å². The summed E-state index contributed by atoms with van der Waals surface area (Å²) in [5.74, 6) is 0.180. The number of halogens is 3. The molecule has 0 radical (unpaired) electrons. The molecule has 1 amide bonds. The van der Waals surface area contributed by atoms with E-state index in [0.29, 0.717) is 28.4 Å². The predicted octanol–water partition coefficient (Wildman–Crippen LogP) is 6.18. The molecule has 0 aliphatic heterocycles. The van der Waals surface area contributed by atoms with Gasteiger partial charge in [-0.25, -0.2) is 18.2 Å². The first-order chi connectivity index (χ1) is 17.8. The highest BCUT2D eigenvalue weighted by Gasteiger charge is 2.32. The number of thiophene rings is 1. The molecule has 12 heteroatoms. The summed E-state index contributed by atoms with van der Waals surface area (Å²) >= 11 is 1.12. The lowest BCUT2D eigenvalue weighted by Crippen LogP contribution is -2.33. The van der Waals surface area contributed by atoms with Crippen LogP contribution in [0.1, 0.15) is 18.7 Å². The lowest BCUT2D eigenvalue weighted by molar-refractivity contribution is -0.0925.